The third-order valence-corrected chi connectivity index (χ3v) is 4.64. The largest absolute Gasteiger partial charge is 0.389 e. The lowest BCUT2D eigenvalue weighted by molar-refractivity contribution is 0.199. The zero-order valence-corrected chi connectivity index (χ0v) is 13.5. The summed E-state index contributed by atoms with van der Waals surface area (Å²) in [6.45, 7) is 5.84. The Morgan fingerprint density at radius 3 is 2.53 bits per heavy atom. The van der Waals surface area contributed by atoms with Crippen LogP contribution in [0.5, 0.6) is 0 Å². The molecule has 0 saturated heterocycles. The molecule has 1 aromatic heterocycles. The third-order valence-electron chi connectivity index (χ3n) is 2.73. The standard InChI is InChI=1S/C15H16BrNOS/c1-9-6-10(2)17-15(7-9)19-14-5-4-12(11(3)18)8-13(14)16/h4-8,11,18H,1-3H3. The molecule has 2 rings (SSSR count). The fourth-order valence-corrected chi connectivity index (χ4v) is 3.42. The van der Waals surface area contributed by atoms with Crippen molar-refractivity contribution in [2.75, 3.05) is 0 Å². The smallest absolute Gasteiger partial charge is 0.101 e. The molecule has 0 aliphatic rings. The molecule has 19 heavy (non-hydrogen) atoms. The number of aromatic nitrogens is 1. The van der Waals surface area contributed by atoms with Crippen LogP contribution < -0.4 is 0 Å². The van der Waals surface area contributed by atoms with Gasteiger partial charge in [0.15, 0.2) is 0 Å². The maximum Gasteiger partial charge on any atom is 0.101 e. The van der Waals surface area contributed by atoms with E-state index in [-0.39, 0.29) is 0 Å². The van der Waals surface area contributed by atoms with Gasteiger partial charge in [-0.1, -0.05) is 17.8 Å². The molecule has 2 nitrogen and oxygen atoms in total. The molecule has 4 heteroatoms. The van der Waals surface area contributed by atoms with Crippen molar-refractivity contribution in [2.45, 2.75) is 36.8 Å². The zero-order valence-electron chi connectivity index (χ0n) is 11.1. The van der Waals surface area contributed by atoms with E-state index in [1.807, 2.05) is 25.1 Å². The second-order valence-electron chi connectivity index (χ2n) is 4.59. The van der Waals surface area contributed by atoms with E-state index >= 15 is 0 Å². The van der Waals surface area contributed by atoms with Crippen molar-refractivity contribution in [1.82, 2.24) is 4.98 Å². The highest BCUT2D eigenvalue weighted by Gasteiger charge is 2.08. The van der Waals surface area contributed by atoms with Crippen molar-refractivity contribution in [3.8, 4) is 0 Å². The number of pyridine rings is 1. The van der Waals surface area contributed by atoms with E-state index in [9.17, 15) is 5.11 Å². The Morgan fingerprint density at radius 2 is 1.95 bits per heavy atom. The summed E-state index contributed by atoms with van der Waals surface area (Å²) in [5, 5.41) is 10.6. The Kier molecular flexibility index (Phi) is 4.66. The van der Waals surface area contributed by atoms with Gasteiger partial charge in [0.05, 0.1) is 6.10 Å². The van der Waals surface area contributed by atoms with E-state index in [1.165, 1.54) is 5.56 Å². The van der Waals surface area contributed by atoms with Crippen LogP contribution in [0.4, 0.5) is 0 Å². The summed E-state index contributed by atoms with van der Waals surface area (Å²) < 4.78 is 0.983. The average molecular weight is 338 g/mol. The van der Waals surface area contributed by atoms with Gasteiger partial charge in [-0.05, 0) is 72.1 Å². The maximum atomic E-state index is 9.56. The van der Waals surface area contributed by atoms with Crippen LogP contribution in [0.2, 0.25) is 0 Å². The molecule has 0 aliphatic heterocycles. The van der Waals surface area contributed by atoms with Crippen LogP contribution in [-0.2, 0) is 0 Å². The summed E-state index contributed by atoms with van der Waals surface area (Å²) in [4.78, 5) is 5.62. The first-order chi connectivity index (χ1) is 8.95. The minimum absolute atomic E-state index is 0.449. The molecular formula is C15H16BrNOS. The lowest BCUT2D eigenvalue weighted by atomic mass is 10.1. The fourth-order valence-electron chi connectivity index (χ4n) is 1.83. The van der Waals surface area contributed by atoms with Gasteiger partial charge in [-0.3, -0.25) is 0 Å². The van der Waals surface area contributed by atoms with Crippen LogP contribution in [0.3, 0.4) is 0 Å². The number of rotatable bonds is 3. The molecule has 0 aliphatic carbocycles. The van der Waals surface area contributed by atoms with Crippen LogP contribution in [-0.4, -0.2) is 10.1 Å². The number of aryl methyl sites for hydroxylation is 2. The van der Waals surface area contributed by atoms with Crippen LogP contribution in [0.1, 0.15) is 29.8 Å². The molecule has 1 atom stereocenters. The van der Waals surface area contributed by atoms with Gasteiger partial charge in [-0.25, -0.2) is 4.98 Å². The first-order valence-corrected chi connectivity index (χ1v) is 7.67. The fraction of sp³-hybridized carbons (Fsp3) is 0.267. The molecule has 0 amide bonds. The van der Waals surface area contributed by atoms with Crippen molar-refractivity contribution in [3.63, 3.8) is 0 Å². The Hall–Kier alpha value is -0.840. The summed E-state index contributed by atoms with van der Waals surface area (Å²) in [7, 11) is 0. The zero-order chi connectivity index (χ0) is 14.0. The van der Waals surface area contributed by atoms with Crippen LogP contribution in [0.15, 0.2) is 44.7 Å². The highest BCUT2D eigenvalue weighted by atomic mass is 79.9. The number of aliphatic hydroxyl groups excluding tert-OH is 1. The first kappa shape index (κ1) is 14.6. The van der Waals surface area contributed by atoms with Crippen LogP contribution in [0, 0.1) is 13.8 Å². The predicted molar refractivity (Wildman–Crippen MR) is 82.6 cm³/mol. The van der Waals surface area contributed by atoms with Gasteiger partial charge >= 0.3 is 0 Å². The molecule has 1 heterocycles. The summed E-state index contributed by atoms with van der Waals surface area (Å²) in [5.74, 6) is 0. The lowest BCUT2D eigenvalue weighted by Crippen LogP contribution is -1.91. The van der Waals surface area contributed by atoms with E-state index in [2.05, 4.69) is 40.0 Å². The van der Waals surface area contributed by atoms with Crippen molar-refractivity contribution in [3.05, 3.63) is 51.6 Å². The molecule has 2 aromatic rings. The van der Waals surface area contributed by atoms with E-state index < -0.39 is 6.10 Å². The van der Waals surface area contributed by atoms with Crippen LogP contribution in [0.25, 0.3) is 0 Å². The SMILES string of the molecule is Cc1cc(C)nc(Sc2ccc(C(C)O)cc2Br)c1. The summed E-state index contributed by atoms with van der Waals surface area (Å²) >= 11 is 5.17. The van der Waals surface area contributed by atoms with Gasteiger partial charge in [-0.2, -0.15) is 0 Å². The molecule has 0 radical (unpaired) electrons. The second-order valence-corrected chi connectivity index (χ2v) is 6.51. The molecule has 1 aromatic carbocycles. The van der Waals surface area contributed by atoms with Gasteiger partial charge in [0.2, 0.25) is 0 Å². The molecule has 0 bridgehead atoms. The summed E-state index contributed by atoms with van der Waals surface area (Å²) in [6, 6.07) is 10.1. The molecule has 1 N–H and O–H groups in total. The first-order valence-electron chi connectivity index (χ1n) is 6.06. The van der Waals surface area contributed by atoms with E-state index in [4.69, 9.17) is 0 Å². The van der Waals surface area contributed by atoms with Gasteiger partial charge in [-0.15, -0.1) is 0 Å². The number of hydrogen-bond acceptors (Lipinski definition) is 3. The molecule has 100 valence electrons. The predicted octanol–water partition coefficient (Wildman–Crippen LogP) is 4.67. The monoisotopic (exact) mass is 337 g/mol. The van der Waals surface area contributed by atoms with Crippen molar-refractivity contribution in [2.24, 2.45) is 0 Å². The maximum absolute atomic E-state index is 9.56. The van der Waals surface area contributed by atoms with Crippen molar-refractivity contribution in [1.29, 1.82) is 0 Å². The molecule has 0 saturated carbocycles. The van der Waals surface area contributed by atoms with Crippen molar-refractivity contribution >= 4 is 27.7 Å². The number of nitrogens with zero attached hydrogens (tertiary/aromatic N) is 1. The summed E-state index contributed by atoms with van der Waals surface area (Å²) in [5.41, 5.74) is 3.15. The lowest BCUT2D eigenvalue weighted by Gasteiger charge is -2.09. The van der Waals surface area contributed by atoms with Gasteiger partial charge in [0.25, 0.3) is 0 Å². The minimum Gasteiger partial charge on any atom is -0.389 e. The number of aliphatic hydroxyl groups is 1. The molecule has 1 unspecified atom stereocenters. The normalized spacial score (nSPS) is 12.5. The Balaban J connectivity index is 2.28. The molecule has 0 fully saturated rings. The molecule has 0 spiro atoms. The minimum atomic E-state index is -0.449. The Bertz CT molecular complexity index is 578. The van der Waals surface area contributed by atoms with Crippen molar-refractivity contribution < 1.29 is 5.11 Å². The quantitative estimate of drug-likeness (QED) is 0.883. The highest BCUT2D eigenvalue weighted by Crippen LogP contribution is 2.34. The molecular weight excluding hydrogens is 322 g/mol. The van der Waals surface area contributed by atoms with Gasteiger partial charge < -0.3 is 5.11 Å². The van der Waals surface area contributed by atoms with Gasteiger partial charge in [0.1, 0.15) is 5.03 Å². The third kappa shape index (κ3) is 3.81. The van der Waals surface area contributed by atoms with E-state index in [0.29, 0.717) is 0 Å². The topological polar surface area (TPSA) is 33.1 Å². The summed E-state index contributed by atoms with van der Waals surface area (Å²) in [6.07, 6.45) is -0.449. The Labute approximate surface area is 126 Å². The average Bonchev–Trinajstić information content (AvgIpc) is 2.30. The van der Waals surface area contributed by atoms with E-state index in [1.54, 1.807) is 18.7 Å². The number of benzene rings is 1. The van der Waals surface area contributed by atoms with E-state index in [0.717, 1.165) is 25.7 Å². The number of halogens is 1. The Morgan fingerprint density at radius 1 is 1.21 bits per heavy atom. The van der Waals surface area contributed by atoms with Crippen LogP contribution >= 0.6 is 27.7 Å². The van der Waals surface area contributed by atoms with Gasteiger partial charge in [0, 0.05) is 15.1 Å². The number of hydrogen-bond donors (Lipinski definition) is 1. The highest BCUT2D eigenvalue weighted by molar-refractivity contribution is 9.10. The second kappa shape index (κ2) is 6.07.